The zero-order valence-electron chi connectivity index (χ0n) is 27.1. The summed E-state index contributed by atoms with van der Waals surface area (Å²) in [6, 6.07) is 7.71. The lowest BCUT2D eigenvalue weighted by molar-refractivity contribution is -0.0515. The molecular formula is C38H56N2O2. The van der Waals surface area contributed by atoms with Crippen LogP contribution in [0.25, 0.3) is 0 Å². The number of nitrogens with one attached hydrogen (secondary N) is 1. The van der Waals surface area contributed by atoms with Gasteiger partial charge in [0.15, 0.2) is 0 Å². The fourth-order valence-corrected chi connectivity index (χ4v) is 10.8. The summed E-state index contributed by atoms with van der Waals surface area (Å²) in [5.74, 6) is 5.02. The highest BCUT2D eigenvalue weighted by molar-refractivity contribution is 6.21. The summed E-state index contributed by atoms with van der Waals surface area (Å²) in [5, 5.41) is 3.81. The van der Waals surface area contributed by atoms with E-state index in [9.17, 15) is 9.59 Å². The number of hydrogen-bond acceptors (Lipinski definition) is 3. The standard InChI is InChI=1S/C38H56N2O2/c1-25(2)10-8-11-26(3)32-16-17-33-31-15-14-27-24-28(18-20-37(27,4)34(31)19-21-38(32,33)5)39-22-9-23-40-35(41)29-12-6-7-13-30(29)36(40)42/h6-7,12-14,25-26,28,31-34,39H,8-11,15-24H2,1-5H3/t26?,28-,31?,32+,33?,34?,37-,38+/m0/s1. The first-order chi connectivity index (χ1) is 20.1. The minimum atomic E-state index is -0.135. The van der Waals surface area contributed by atoms with Crippen LogP contribution in [0.4, 0.5) is 0 Å². The molecule has 1 N–H and O–H groups in total. The van der Waals surface area contributed by atoms with E-state index in [-0.39, 0.29) is 11.8 Å². The topological polar surface area (TPSA) is 49.4 Å². The van der Waals surface area contributed by atoms with E-state index in [0.717, 1.165) is 48.5 Å². The fourth-order valence-electron chi connectivity index (χ4n) is 10.8. The molecule has 0 aromatic heterocycles. The molecule has 4 heteroatoms. The molecule has 4 aliphatic carbocycles. The van der Waals surface area contributed by atoms with Gasteiger partial charge in [-0.2, -0.15) is 0 Å². The molecule has 4 unspecified atom stereocenters. The smallest absolute Gasteiger partial charge is 0.261 e. The maximum atomic E-state index is 12.7. The van der Waals surface area contributed by atoms with Crippen LogP contribution in [0.1, 0.15) is 132 Å². The van der Waals surface area contributed by atoms with Crippen molar-refractivity contribution in [2.24, 2.45) is 46.3 Å². The van der Waals surface area contributed by atoms with Gasteiger partial charge in [-0.15, -0.1) is 0 Å². The fraction of sp³-hybridized carbons (Fsp3) is 0.737. The van der Waals surface area contributed by atoms with Crippen molar-refractivity contribution in [2.45, 2.75) is 118 Å². The van der Waals surface area contributed by atoms with Gasteiger partial charge in [0, 0.05) is 12.6 Å². The van der Waals surface area contributed by atoms with Gasteiger partial charge in [-0.25, -0.2) is 0 Å². The normalized spacial score (nSPS) is 36.4. The summed E-state index contributed by atoms with van der Waals surface area (Å²) < 4.78 is 0. The second-order valence-electron chi connectivity index (χ2n) is 15.8. The Morgan fingerprint density at radius 2 is 1.64 bits per heavy atom. The number of rotatable bonds is 10. The van der Waals surface area contributed by atoms with Crippen molar-refractivity contribution in [1.29, 1.82) is 0 Å². The second kappa shape index (κ2) is 11.9. The summed E-state index contributed by atoms with van der Waals surface area (Å²) in [4.78, 5) is 26.8. The number of nitrogens with zero attached hydrogens (tertiary/aromatic N) is 1. The van der Waals surface area contributed by atoms with Gasteiger partial charge in [0.1, 0.15) is 0 Å². The minimum Gasteiger partial charge on any atom is -0.314 e. The molecule has 0 radical (unpaired) electrons. The summed E-state index contributed by atoms with van der Waals surface area (Å²) in [6.45, 7) is 14.0. The van der Waals surface area contributed by atoms with Crippen molar-refractivity contribution < 1.29 is 9.59 Å². The van der Waals surface area contributed by atoms with Crippen LogP contribution >= 0.6 is 0 Å². The summed E-state index contributed by atoms with van der Waals surface area (Å²) in [6.07, 6.45) is 18.5. The van der Waals surface area contributed by atoms with Crippen LogP contribution in [-0.2, 0) is 0 Å². The van der Waals surface area contributed by atoms with E-state index in [0.29, 0.717) is 34.5 Å². The van der Waals surface area contributed by atoms with Gasteiger partial charge in [0.2, 0.25) is 0 Å². The average molecular weight is 573 g/mol. The quantitative estimate of drug-likeness (QED) is 0.173. The lowest BCUT2D eigenvalue weighted by Gasteiger charge is -2.58. The highest BCUT2D eigenvalue weighted by Gasteiger charge is 2.59. The summed E-state index contributed by atoms with van der Waals surface area (Å²) in [5.41, 5.74) is 3.77. The number of fused-ring (bicyclic) bond motifs is 6. The maximum Gasteiger partial charge on any atom is 0.261 e. The van der Waals surface area contributed by atoms with E-state index in [1.54, 1.807) is 17.7 Å². The van der Waals surface area contributed by atoms with Gasteiger partial charge in [-0.3, -0.25) is 14.5 Å². The van der Waals surface area contributed by atoms with Crippen molar-refractivity contribution in [3.63, 3.8) is 0 Å². The zero-order chi connectivity index (χ0) is 29.6. The van der Waals surface area contributed by atoms with Gasteiger partial charge >= 0.3 is 0 Å². The number of amides is 2. The molecule has 3 saturated carbocycles. The molecule has 8 atom stereocenters. The van der Waals surface area contributed by atoms with Gasteiger partial charge in [0.05, 0.1) is 11.1 Å². The molecule has 0 spiro atoms. The molecule has 1 aromatic carbocycles. The Morgan fingerprint density at radius 3 is 2.36 bits per heavy atom. The molecule has 0 bridgehead atoms. The van der Waals surface area contributed by atoms with Gasteiger partial charge in [0.25, 0.3) is 11.8 Å². The first kappa shape index (κ1) is 30.1. The van der Waals surface area contributed by atoms with Crippen molar-refractivity contribution in [1.82, 2.24) is 10.2 Å². The highest BCUT2D eigenvalue weighted by atomic mass is 16.2. The molecule has 6 rings (SSSR count). The van der Waals surface area contributed by atoms with Crippen LogP contribution in [0.5, 0.6) is 0 Å². The molecule has 3 fully saturated rings. The Bertz CT molecular complexity index is 1170. The molecule has 1 aromatic rings. The third-order valence-electron chi connectivity index (χ3n) is 13.2. The number of allylic oxidation sites excluding steroid dienone is 1. The predicted molar refractivity (Wildman–Crippen MR) is 171 cm³/mol. The Hall–Kier alpha value is -1.94. The first-order valence-corrected chi connectivity index (χ1v) is 17.5. The maximum absolute atomic E-state index is 12.7. The molecule has 5 aliphatic rings. The van der Waals surface area contributed by atoms with Crippen LogP contribution in [0.15, 0.2) is 35.9 Å². The zero-order valence-corrected chi connectivity index (χ0v) is 27.1. The number of carbonyl (C=O) groups excluding carboxylic acids is 2. The lowest BCUT2D eigenvalue weighted by Crippen LogP contribution is -2.51. The van der Waals surface area contributed by atoms with Crippen LogP contribution in [0, 0.1) is 46.3 Å². The first-order valence-electron chi connectivity index (χ1n) is 17.5. The molecule has 2 amide bonds. The van der Waals surface area contributed by atoms with Crippen LogP contribution in [0.2, 0.25) is 0 Å². The number of imide groups is 1. The SMILES string of the molecule is CC(C)CCCC(C)[C@H]1CCC2C3CC=C4C[C@@H](NCCCN5C(=O)c6ccccc6C5=O)CC[C@]4(C)C3CC[C@@]21C. The van der Waals surface area contributed by atoms with Gasteiger partial charge in [-0.1, -0.05) is 77.7 Å². The number of benzene rings is 1. The van der Waals surface area contributed by atoms with E-state index < -0.39 is 0 Å². The van der Waals surface area contributed by atoms with Crippen molar-refractivity contribution >= 4 is 11.8 Å². The van der Waals surface area contributed by atoms with E-state index in [1.165, 1.54) is 75.5 Å². The monoisotopic (exact) mass is 572 g/mol. The predicted octanol–water partition coefficient (Wildman–Crippen LogP) is 8.67. The van der Waals surface area contributed by atoms with Crippen molar-refractivity contribution in [3.05, 3.63) is 47.0 Å². The third-order valence-corrected chi connectivity index (χ3v) is 13.2. The highest BCUT2D eigenvalue weighted by Crippen LogP contribution is 2.67. The van der Waals surface area contributed by atoms with Gasteiger partial charge < -0.3 is 5.32 Å². The number of carbonyl (C=O) groups is 2. The summed E-state index contributed by atoms with van der Waals surface area (Å²) >= 11 is 0. The van der Waals surface area contributed by atoms with Crippen LogP contribution < -0.4 is 5.32 Å². The molecule has 1 heterocycles. The Balaban J connectivity index is 1.02. The lowest BCUT2D eigenvalue weighted by atomic mass is 9.47. The Morgan fingerprint density at radius 1 is 0.905 bits per heavy atom. The van der Waals surface area contributed by atoms with Crippen molar-refractivity contribution in [3.8, 4) is 0 Å². The largest absolute Gasteiger partial charge is 0.314 e. The molecule has 1 aliphatic heterocycles. The van der Waals surface area contributed by atoms with E-state index in [2.05, 4.69) is 46.0 Å². The van der Waals surface area contributed by atoms with E-state index >= 15 is 0 Å². The van der Waals surface area contributed by atoms with Crippen LogP contribution in [0.3, 0.4) is 0 Å². The Labute approximate surface area is 255 Å². The second-order valence-corrected chi connectivity index (χ2v) is 15.8. The third kappa shape index (κ3) is 5.22. The molecule has 230 valence electrons. The minimum absolute atomic E-state index is 0.135. The molecule has 42 heavy (non-hydrogen) atoms. The molecular weight excluding hydrogens is 516 g/mol. The van der Waals surface area contributed by atoms with Gasteiger partial charge in [-0.05, 0) is 123 Å². The average Bonchev–Trinajstić information content (AvgIpc) is 3.44. The molecule has 4 nitrogen and oxygen atoms in total. The molecule has 0 saturated heterocycles. The Kier molecular flexibility index (Phi) is 8.50. The number of hydrogen-bond donors (Lipinski definition) is 1. The summed E-state index contributed by atoms with van der Waals surface area (Å²) in [7, 11) is 0. The van der Waals surface area contributed by atoms with Crippen LogP contribution in [-0.4, -0.2) is 35.8 Å². The van der Waals surface area contributed by atoms with E-state index in [4.69, 9.17) is 0 Å². The van der Waals surface area contributed by atoms with Crippen molar-refractivity contribution in [2.75, 3.05) is 13.1 Å². The van der Waals surface area contributed by atoms with E-state index in [1.807, 2.05) is 12.1 Å².